The van der Waals surface area contributed by atoms with E-state index in [1.807, 2.05) is 45.0 Å². The van der Waals surface area contributed by atoms with Crippen molar-refractivity contribution in [2.75, 3.05) is 6.61 Å². The maximum Gasteiger partial charge on any atom is 0.407 e. The van der Waals surface area contributed by atoms with E-state index in [0.29, 0.717) is 12.8 Å². The largest absolute Gasteiger partial charge is 0.480 e. The fraction of sp³-hybridized carbons (Fsp3) is 0.444. The standard InChI is InChI=1S/C27H34N2O5/c1-4-17(3)14-24(26(31)32)29-25(30)15-18(5-2)28-27(33)34-16-23-21-12-8-6-10-19(21)20-11-7-9-13-22(20)23/h6-13,17-18,23-24H,4-5,14-16H2,1-3H3,(H,28,33)(H,29,30)(H,31,32). The molecule has 7 heteroatoms. The van der Waals surface area contributed by atoms with Crippen molar-refractivity contribution in [2.45, 2.75) is 64.5 Å². The Morgan fingerprint density at radius 3 is 2.06 bits per heavy atom. The molecule has 0 bridgehead atoms. The number of carbonyl (C=O) groups excluding carboxylic acids is 2. The second-order valence-corrected chi connectivity index (χ2v) is 8.99. The molecule has 0 heterocycles. The topological polar surface area (TPSA) is 105 Å². The Balaban J connectivity index is 1.55. The fourth-order valence-corrected chi connectivity index (χ4v) is 4.37. The highest BCUT2D eigenvalue weighted by molar-refractivity contribution is 5.84. The van der Waals surface area contributed by atoms with Gasteiger partial charge in [0.15, 0.2) is 0 Å². The third-order valence-corrected chi connectivity index (χ3v) is 6.56. The van der Waals surface area contributed by atoms with Crippen LogP contribution >= 0.6 is 0 Å². The highest BCUT2D eigenvalue weighted by atomic mass is 16.5. The summed E-state index contributed by atoms with van der Waals surface area (Å²) in [5.74, 6) is -1.31. The van der Waals surface area contributed by atoms with Crippen LogP contribution in [0.4, 0.5) is 4.79 Å². The van der Waals surface area contributed by atoms with E-state index in [4.69, 9.17) is 4.74 Å². The van der Waals surface area contributed by atoms with Crippen LogP contribution in [0.3, 0.4) is 0 Å². The van der Waals surface area contributed by atoms with Gasteiger partial charge in [-0.3, -0.25) is 4.79 Å². The van der Waals surface area contributed by atoms with Crippen molar-refractivity contribution in [3.05, 3.63) is 59.7 Å². The van der Waals surface area contributed by atoms with Gasteiger partial charge in [0.25, 0.3) is 0 Å². The molecule has 0 aliphatic heterocycles. The Kier molecular flexibility index (Phi) is 8.68. The Morgan fingerprint density at radius 1 is 0.941 bits per heavy atom. The second kappa shape index (κ2) is 11.7. The molecule has 2 amide bonds. The summed E-state index contributed by atoms with van der Waals surface area (Å²) in [5.41, 5.74) is 4.56. The molecule has 0 radical (unpaired) electrons. The van der Waals surface area contributed by atoms with Crippen LogP contribution in [0.2, 0.25) is 0 Å². The predicted octanol–water partition coefficient (Wildman–Crippen LogP) is 4.70. The van der Waals surface area contributed by atoms with Gasteiger partial charge >= 0.3 is 12.1 Å². The molecule has 2 aromatic rings. The Labute approximate surface area is 200 Å². The van der Waals surface area contributed by atoms with E-state index in [1.54, 1.807) is 0 Å². The van der Waals surface area contributed by atoms with Gasteiger partial charge in [-0.2, -0.15) is 0 Å². The first-order chi connectivity index (χ1) is 16.3. The number of ether oxygens (including phenoxy) is 1. The number of carboxylic acid groups (broad SMARTS) is 1. The number of carbonyl (C=O) groups is 3. The van der Waals surface area contributed by atoms with Gasteiger partial charge in [0.1, 0.15) is 12.6 Å². The summed E-state index contributed by atoms with van der Waals surface area (Å²) in [6.07, 6.45) is 1.12. The number of rotatable bonds is 11. The number of alkyl carbamates (subject to hydrolysis) is 1. The van der Waals surface area contributed by atoms with Gasteiger partial charge < -0.3 is 20.5 Å². The monoisotopic (exact) mass is 466 g/mol. The zero-order valence-electron chi connectivity index (χ0n) is 20.0. The number of carboxylic acids is 1. The molecule has 0 saturated carbocycles. The van der Waals surface area contributed by atoms with Gasteiger partial charge in [-0.1, -0.05) is 75.7 Å². The molecule has 2 aromatic carbocycles. The summed E-state index contributed by atoms with van der Waals surface area (Å²) in [4.78, 5) is 36.5. The van der Waals surface area contributed by atoms with Crippen LogP contribution in [-0.4, -0.2) is 41.8 Å². The van der Waals surface area contributed by atoms with Gasteiger partial charge in [-0.25, -0.2) is 9.59 Å². The van der Waals surface area contributed by atoms with Crippen LogP contribution in [0.25, 0.3) is 11.1 Å². The Bertz CT molecular complexity index is 976. The lowest BCUT2D eigenvalue weighted by Gasteiger charge is -2.21. The van der Waals surface area contributed by atoms with Crippen LogP contribution in [0.1, 0.15) is 63.5 Å². The lowest BCUT2D eigenvalue weighted by Crippen LogP contribution is -2.45. The van der Waals surface area contributed by atoms with E-state index in [0.717, 1.165) is 28.7 Å². The summed E-state index contributed by atoms with van der Waals surface area (Å²) < 4.78 is 5.56. The van der Waals surface area contributed by atoms with Gasteiger partial charge in [0.2, 0.25) is 5.91 Å². The van der Waals surface area contributed by atoms with Crippen molar-refractivity contribution in [1.82, 2.24) is 10.6 Å². The molecule has 1 aliphatic carbocycles. The zero-order chi connectivity index (χ0) is 24.7. The van der Waals surface area contributed by atoms with Crippen molar-refractivity contribution in [1.29, 1.82) is 0 Å². The number of fused-ring (bicyclic) bond motifs is 3. The Hall–Kier alpha value is -3.35. The minimum Gasteiger partial charge on any atom is -0.480 e. The smallest absolute Gasteiger partial charge is 0.407 e. The first-order valence-corrected chi connectivity index (χ1v) is 12.0. The lowest BCUT2D eigenvalue weighted by atomic mass is 9.98. The fourth-order valence-electron chi connectivity index (χ4n) is 4.37. The average molecular weight is 467 g/mol. The van der Waals surface area contributed by atoms with Gasteiger partial charge in [-0.05, 0) is 41.0 Å². The Morgan fingerprint density at radius 2 is 1.53 bits per heavy atom. The van der Waals surface area contributed by atoms with Crippen LogP contribution in [0.5, 0.6) is 0 Å². The molecule has 3 rings (SSSR count). The SMILES string of the molecule is CCC(C)CC(NC(=O)CC(CC)NC(=O)OCC1c2ccccc2-c2ccccc21)C(=O)O. The molecule has 0 fully saturated rings. The number of benzene rings is 2. The lowest BCUT2D eigenvalue weighted by molar-refractivity contribution is -0.142. The van der Waals surface area contributed by atoms with E-state index in [-0.39, 0.29) is 24.9 Å². The number of hydrogen-bond donors (Lipinski definition) is 3. The molecule has 0 spiro atoms. The molecule has 3 N–H and O–H groups in total. The van der Waals surface area contributed by atoms with E-state index < -0.39 is 30.1 Å². The molecule has 34 heavy (non-hydrogen) atoms. The summed E-state index contributed by atoms with van der Waals surface area (Å²) in [5, 5.41) is 14.8. The van der Waals surface area contributed by atoms with E-state index in [1.165, 1.54) is 0 Å². The number of amides is 2. The highest BCUT2D eigenvalue weighted by Crippen LogP contribution is 2.44. The maximum absolute atomic E-state index is 12.5. The summed E-state index contributed by atoms with van der Waals surface area (Å²) >= 11 is 0. The molecule has 3 unspecified atom stereocenters. The van der Waals surface area contributed by atoms with Gasteiger partial charge in [-0.15, -0.1) is 0 Å². The van der Waals surface area contributed by atoms with Gasteiger partial charge in [0.05, 0.1) is 0 Å². The van der Waals surface area contributed by atoms with Crippen LogP contribution in [0, 0.1) is 5.92 Å². The van der Waals surface area contributed by atoms with Crippen LogP contribution in [-0.2, 0) is 14.3 Å². The second-order valence-electron chi connectivity index (χ2n) is 8.99. The molecule has 1 aliphatic rings. The molecular weight excluding hydrogens is 432 g/mol. The van der Waals surface area contributed by atoms with Crippen LogP contribution in [0.15, 0.2) is 48.5 Å². The highest BCUT2D eigenvalue weighted by Gasteiger charge is 2.29. The first kappa shape index (κ1) is 25.3. The van der Waals surface area contributed by atoms with Crippen molar-refractivity contribution in [3.63, 3.8) is 0 Å². The zero-order valence-corrected chi connectivity index (χ0v) is 20.0. The van der Waals surface area contributed by atoms with Gasteiger partial charge in [0, 0.05) is 18.4 Å². The third kappa shape index (κ3) is 6.16. The van der Waals surface area contributed by atoms with Crippen molar-refractivity contribution in [2.24, 2.45) is 5.92 Å². The number of aliphatic carboxylic acids is 1. The molecule has 3 atom stereocenters. The summed E-state index contributed by atoms with van der Waals surface area (Å²) in [6, 6.07) is 14.8. The third-order valence-electron chi connectivity index (χ3n) is 6.56. The minimum absolute atomic E-state index is 0.00895. The first-order valence-electron chi connectivity index (χ1n) is 12.0. The van der Waals surface area contributed by atoms with E-state index >= 15 is 0 Å². The summed E-state index contributed by atoms with van der Waals surface area (Å²) in [6.45, 7) is 5.99. The number of hydrogen-bond acceptors (Lipinski definition) is 4. The molecular formula is C27H34N2O5. The minimum atomic E-state index is -1.05. The quantitative estimate of drug-likeness (QED) is 0.445. The van der Waals surface area contributed by atoms with Crippen molar-refractivity contribution in [3.8, 4) is 11.1 Å². The van der Waals surface area contributed by atoms with E-state index in [2.05, 4.69) is 34.9 Å². The summed E-state index contributed by atoms with van der Waals surface area (Å²) in [7, 11) is 0. The average Bonchev–Trinajstić information content (AvgIpc) is 3.15. The van der Waals surface area contributed by atoms with Crippen LogP contribution < -0.4 is 10.6 Å². The normalized spacial score (nSPS) is 14.9. The maximum atomic E-state index is 12.5. The molecule has 182 valence electrons. The molecule has 0 aromatic heterocycles. The van der Waals surface area contributed by atoms with E-state index in [9.17, 15) is 19.5 Å². The molecule has 7 nitrogen and oxygen atoms in total. The number of nitrogens with one attached hydrogen (secondary N) is 2. The molecule has 0 saturated heterocycles. The van der Waals surface area contributed by atoms with Crippen molar-refractivity contribution >= 4 is 18.0 Å². The predicted molar refractivity (Wildman–Crippen MR) is 131 cm³/mol. The van der Waals surface area contributed by atoms with Crippen molar-refractivity contribution < 1.29 is 24.2 Å².